The fourth-order valence-electron chi connectivity index (χ4n) is 3.20. The van der Waals surface area contributed by atoms with Gasteiger partial charge in [-0.1, -0.05) is 19.9 Å². The van der Waals surface area contributed by atoms with Crippen molar-refractivity contribution in [2.24, 2.45) is 0 Å². The molecule has 0 unspecified atom stereocenters. The van der Waals surface area contributed by atoms with E-state index in [1.165, 1.54) is 6.07 Å². The molecule has 1 N–H and O–H groups in total. The number of aryl methyl sites for hydroxylation is 2. The number of piperazine rings is 1. The third-order valence-corrected chi connectivity index (χ3v) is 4.89. The van der Waals surface area contributed by atoms with Crippen molar-refractivity contribution in [1.82, 2.24) is 14.9 Å². The molecule has 0 aliphatic carbocycles. The first-order valence-corrected chi connectivity index (χ1v) is 9.70. The van der Waals surface area contributed by atoms with Gasteiger partial charge in [0.05, 0.1) is 6.54 Å². The van der Waals surface area contributed by atoms with E-state index < -0.39 is 0 Å². The van der Waals surface area contributed by atoms with Gasteiger partial charge in [0.25, 0.3) is 0 Å². The number of nitrogens with one attached hydrogen (secondary N) is 1. The molecular weight excluding hydrogens is 357 g/mol. The van der Waals surface area contributed by atoms with E-state index in [9.17, 15) is 9.18 Å². The molecule has 7 heteroatoms. The van der Waals surface area contributed by atoms with E-state index in [1.54, 1.807) is 19.1 Å². The highest BCUT2D eigenvalue weighted by Crippen LogP contribution is 2.19. The van der Waals surface area contributed by atoms with Crippen LogP contribution in [0.4, 0.5) is 15.9 Å². The summed E-state index contributed by atoms with van der Waals surface area (Å²) in [4.78, 5) is 25.8. The van der Waals surface area contributed by atoms with Crippen molar-refractivity contribution < 1.29 is 9.18 Å². The molecule has 1 saturated heterocycles. The molecule has 0 atom stereocenters. The van der Waals surface area contributed by atoms with E-state index in [0.717, 1.165) is 43.5 Å². The molecule has 1 aromatic heterocycles. The third-order valence-electron chi connectivity index (χ3n) is 4.89. The molecule has 0 bridgehead atoms. The lowest BCUT2D eigenvalue weighted by Gasteiger charge is -2.35. The Bertz CT molecular complexity index is 847. The first-order valence-electron chi connectivity index (χ1n) is 9.70. The highest BCUT2D eigenvalue weighted by molar-refractivity contribution is 5.92. The Labute approximate surface area is 165 Å². The predicted octanol–water partition coefficient (Wildman–Crippen LogP) is 3.12. The number of carbonyl (C=O) groups is 1. The van der Waals surface area contributed by atoms with Crippen molar-refractivity contribution >= 4 is 17.4 Å². The maximum atomic E-state index is 13.6. The number of rotatable bonds is 5. The van der Waals surface area contributed by atoms with Crippen molar-refractivity contribution in [3.8, 4) is 0 Å². The average Bonchev–Trinajstić information content (AvgIpc) is 2.65. The second-order valence-corrected chi connectivity index (χ2v) is 7.66. The van der Waals surface area contributed by atoms with Gasteiger partial charge in [-0.3, -0.25) is 9.69 Å². The minimum atomic E-state index is -0.313. The van der Waals surface area contributed by atoms with Crippen LogP contribution in [-0.2, 0) is 4.79 Å². The summed E-state index contributed by atoms with van der Waals surface area (Å²) in [5.74, 6) is 1.66. The molecule has 28 heavy (non-hydrogen) atoms. The fraction of sp³-hybridized carbons (Fsp3) is 0.476. The molecule has 2 heterocycles. The summed E-state index contributed by atoms with van der Waals surface area (Å²) in [7, 11) is 0. The van der Waals surface area contributed by atoms with E-state index in [1.807, 2.05) is 13.0 Å². The predicted molar refractivity (Wildman–Crippen MR) is 109 cm³/mol. The lowest BCUT2D eigenvalue weighted by molar-refractivity contribution is -0.117. The Balaban J connectivity index is 1.54. The van der Waals surface area contributed by atoms with Crippen LogP contribution >= 0.6 is 0 Å². The molecule has 150 valence electrons. The quantitative estimate of drug-likeness (QED) is 0.857. The molecule has 1 fully saturated rings. The second-order valence-electron chi connectivity index (χ2n) is 7.66. The van der Waals surface area contributed by atoms with Gasteiger partial charge in [-0.05, 0) is 31.5 Å². The summed E-state index contributed by atoms with van der Waals surface area (Å²) in [5, 5.41) is 2.77. The minimum absolute atomic E-state index is 0.128. The van der Waals surface area contributed by atoms with Crippen molar-refractivity contribution in [2.45, 2.75) is 33.6 Å². The van der Waals surface area contributed by atoms with Crippen LogP contribution in [0.25, 0.3) is 0 Å². The van der Waals surface area contributed by atoms with Crippen molar-refractivity contribution in [3.63, 3.8) is 0 Å². The molecule has 1 aliphatic rings. The largest absolute Gasteiger partial charge is 0.354 e. The number of halogens is 1. The number of hydrogen-bond donors (Lipinski definition) is 1. The van der Waals surface area contributed by atoms with Gasteiger partial charge in [0, 0.05) is 49.5 Å². The smallest absolute Gasteiger partial charge is 0.238 e. The lowest BCUT2D eigenvalue weighted by Crippen LogP contribution is -2.49. The van der Waals surface area contributed by atoms with Crippen LogP contribution in [0, 0.1) is 19.7 Å². The highest BCUT2D eigenvalue weighted by Gasteiger charge is 2.21. The van der Waals surface area contributed by atoms with Gasteiger partial charge in [-0.25, -0.2) is 14.4 Å². The van der Waals surface area contributed by atoms with Crippen LogP contribution in [0.2, 0.25) is 0 Å². The zero-order chi connectivity index (χ0) is 20.3. The molecule has 0 radical (unpaired) electrons. The maximum Gasteiger partial charge on any atom is 0.238 e. The SMILES string of the molecule is Cc1cc(N2CCN(CC(=O)Nc3ccc(C)c(F)c3)CC2)nc(C(C)C)n1. The first kappa shape index (κ1) is 20.2. The fourth-order valence-corrected chi connectivity index (χ4v) is 3.20. The molecular formula is C21H28FN5O. The standard InChI is InChI=1S/C21H28FN5O/c1-14(2)21-23-16(4)11-19(25-21)27-9-7-26(8-10-27)13-20(28)24-17-6-5-15(3)18(22)12-17/h5-6,11-12,14H,7-10,13H2,1-4H3,(H,24,28). The Kier molecular flexibility index (Phi) is 6.24. The number of amides is 1. The summed E-state index contributed by atoms with van der Waals surface area (Å²) >= 11 is 0. The molecule has 1 amide bonds. The average molecular weight is 385 g/mol. The van der Waals surface area contributed by atoms with Crippen LogP contribution in [0.3, 0.4) is 0 Å². The Morgan fingerprint density at radius 2 is 1.86 bits per heavy atom. The van der Waals surface area contributed by atoms with E-state index >= 15 is 0 Å². The number of anilines is 2. The molecule has 1 aromatic carbocycles. The Hall–Kier alpha value is -2.54. The Morgan fingerprint density at radius 3 is 2.50 bits per heavy atom. The zero-order valence-corrected chi connectivity index (χ0v) is 17.0. The molecule has 0 saturated carbocycles. The minimum Gasteiger partial charge on any atom is -0.354 e. The number of nitrogens with zero attached hydrogens (tertiary/aromatic N) is 4. The molecule has 2 aromatic rings. The molecule has 0 spiro atoms. The molecule has 1 aliphatic heterocycles. The van der Waals surface area contributed by atoms with Gasteiger partial charge in [-0.15, -0.1) is 0 Å². The lowest BCUT2D eigenvalue weighted by atomic mass is 10.2. The van der Waals surface area contributed by atoms with Gasteiger partial charge in [-0.2, -0.15) is 0 Å². The zero-order valence-electron chi connectivity index (χ0n) is 17.0. The normalized spacial score (nSPS) is 15.1. The first-order chi connectivity index (χ1) is 13.3. The van der Waals surface area contributed by atoms with E-state index in [0.29, 0.717) is 17.8 Å². The van der Waals surface area contributed by atoms with Crippen molar-refractivity contribution in [1.29, 1.82) is 0 Å². The van der Waals surface area contributed by atoms with Crippen LogP contribution < -0.4 is 10.2 Å². The van der Waals surface area contributed by atoms with Crippen molar-refractivity contribution in [3.05, 3.63) is 47.2 Å². The van der Waals surface area contributed by atoms with Gasteiger partial charge in [0.2, 0.25) is 5.91 Å². The van der Waals surface area contributed by atoms with Crippen LogP contribution in [0.1, 0.15) is 36.8 Å². The summed E-state index contributed by atoms with van der Waals surface area (Å²) in [6.45, 7) is 11.3. The van der Waals surface area contributed by atoms with Gasteiger partial charge in [0.1, 0.15) is 17.5 Å². The Morgan fingerprint density at radius 1 is 1.14 bits per heavy atom. The highest BCUT2D eigenvalue weighted by atomic mass is 19.1. The van der Waals surface area contributed by atoms with Gasteiger partial charge in [0.15, 0.2) is 0 Å². The van der Waals surface area contributed by atoms with Gasteiger partial charge >= 0.3 is 0 Å². The topological polar surface area (TPSA) is 61.4 Å². The third kappa shape index (κ3) is 5.04. The summed E-state index contributed by atoms with van der Waals surface area (Å²) in [5.41, 5.74) is 2.03. The van der Waals surface area contributed by atoms with E-state index in [4.69, 9.17) is 4.98 Å². The summed E-state index contributed by atoms with van der Waals surface area (Å²) in [6, 6.07) is 6.76. The number of aromatic nitrogens is 2. The number of benzene rings is 1. The maximum absolute atomic E-state index is 13.6. The van der Waals surface area contributed by atoms with Crippen LogP contribution in [0.5, 0.6) is 0 Å². The van der Waals surface area contributed by atoms with Crippen molar-refractivity contribution in [2.75, 3.05) is 42.9 Å². The molecule has 3 rings (SSSR count). The van der Waals surface area contributed by atoms with Crippen LogP contribution in [0.15, 0.2) is 24.3 Å². The second kappa shape index (κ2) is 8.65. The van der Waals surface area contributed by atoms with Gasteiger partial charge < -0.3 is 10.2 Å². The molecule has 6 nitrogen and oxygen atoms in total. The number of carbonyl (C=O) groups excluding carboxylic acids is 1. The van der Waals surface area contributed by atoms with E-state index in [2.05, 4.69) is 33.9 Å². The summed E-state index contributed by atoms with van der Waals surface area (Å²) in [6.07, 6.45) is 0. The number of hydrogen-bond acceptors (Lipinski definition) is 5. The summed E-state index contributed by atoms with van der Waals surface area (Å²) < 4.78 is 13.6. The van der Waals surface area contributed by atoms with E-state index in [-0.39, 0.29) is 17.6 Å². The monoisotopic (exact) mass is 385 g/mol. The van der Waals surface area contributed by atoms with Crippen LogP contribution in [-0.4, -0.2) is 53.5 Å².